The van der Waals surface area contributed by atoms with E-state index in [1.807, 2.05) is 32.9 Å². The van der Waals surface area contributed by atoms with Crippen LogP contribution in [0.4, 0.5) is 5.69 Å². The van der Waals surface area contributed by atoms with Crippen LogP contribution in [0.25, 0.3) is 0 Å². The second kappa shape index (κ2) is 7.11. The molecule has 1 fully saturated rings. The monoisotopic (exact) mass is 372 g/mol. The second-order valence-electron chi connectivity index (χ2n) is 7.36. The minimum Gasteiger partial charge on any atom is -0.375 e. The molecule has 2 aliphatic rings. The fraction of sp³-hybridized carbons (Fsp3) is 0.474. The zero-order valence-electron chi connectivity index (χ0n) is 15.8. The van der Waals surface area contributed by atoms with Gasteiger partial charge in [0.05, 0.1) is 17.5 Å². The normalized spacial score (nSPS) is 26.0. The molecule has 1 aliphatic carbocycles. The van der Waals surface area contributed by atoms with E-state index in [1.165, 1.54) is 7.11 Å². The zero-order chi connectivity index (χ0) is 19.8. The highest BCUT2D eigenvalue weighted by Gasteiger charge is 2.72. The van der Waals surface area contributed by atoms with Gasteiger partial charge in [0.25, 0.3) is 0 Å². The molecule has 0 spiro atoms. The summed E-state index contributed by atoms with van der Waals surface area (Å²) in [6.07, 6.45) is 0. The van der Waals surface area contributed by atoms with Crippen LogP contribution in [0, 0.1) is 17.3 Å². The molecule has 0 radical (unpaired) electrons. The first kappa shape index (κ1) is 19.0. The summed E-state index contributed by atoms with van der Waals surface area (Å²) in [5.41, 5.74) is 3.63. The van der Waals surface area contributed by atoms with Gasteiger partial charge >= 0.3 is 0 Å². The van der Waals surface area contributed by atoms with Gasteiger partial charge in [-0.15, -0.1) is 0 Å². The molecule has 3 rings (SSSR count). The first-order chi connectivity index (χ1) is 12.8. The first-order valence-electron chi connectivity index (χ1n) is 8.87. The molecule has 1 aliphatic heterocycles. The third-order valence-corrected chi connectivity index (χ3v) is 5.03. The lowest BCUT2D eigenvalue weighted by Crippen LogP contribution is -2.35. The fourth-order valence-corrected chi connectivity index (χ4v) is 3.80. The molecule has 3 amide bonds. The van der Waals surface area contributed by atoms with E-state index in [0.29, 0.717) is 17.0 Å². The number of fused-ring (bicyclic) bond motifs is 1. The number of hydrogen-bond donors (Lipinski definition) is 3. The van der Waals surface area contributed by atoms with Gasteiger partial charge in [0, 0.05) is 29.8 Å². The number of carbonyl (C=O) groups excluding carboxylic acids is 3. The van der Waals surface area contributed by atoms with Crippen molar-refractivity contribution in [2.75, 3.05) is 19.0 Å². The molecule has 144 valence electrons. The van der Waals surface area contributed by atoms with Gasteiger partial charge in [-0.1, -0.05) is 25.1 Å². The maximum Gasteiger partial charge on any atom is 0.250 e. The molecule has 0 bridgehead atoms. The minimum atomic E-state index is -0.719. The number of benzene rings is 1. The van der Waals surface area contributed by atoms with Gasteiger partial charge < -0.3 is 15.4 Å². The number of hydrogen-bond acceptors (Lipinski definition) is 5. The third-order valence-electron chi connectivity index (χ3n) is 5.03. The van der Waals surface area contributed by atoms with Crippen LogP contribution >= 0.6 is 0 Å². The molecule has 8 nitrogen and oxygen atoms in total. The van der Waals surface area contributed by atoms with E-state index in [2.05, 4.69) is 21.2 Å². The highest BCUT2D eigenvalue weighted by atomic mass is 16.5. The summed E-state index contributed by atoms with van der Waals surface area (Å²) in [5, 5.41) is 9.93. The van der Waals surface area contributed by atoms with Gasteiger partial charge in [0.2, 0.25) is 17.7 Å². The number of ether oxygens (including phenoxy) is 1. The lowest BCUT2D eigenvalue weighted by molar-refractivity contribution is -0.127. The molecule has 3 N–H and O–H groups in total. The van der Waals surface area contributed by atoms with Crippen molar-refractivity contribution >= 4 is 29.1 Å². The standard InChI is InChI=1S/C19H24N4O4/c1-10(2)20-17(25)14-15-18(26)23-22-16(19(14,15)3)11-7-5-6-8-12(11)21-13(24)9-27-4/h5-8,10,14-15H,9H2,1-4H3,(H,20,25)(H,21,24)(H,23,26)/t14-,15+,19+/m0/s1. The molecule has 0 saturated heterocycles. The van der Waals surface area contributed by atoms with E-state index >= 15 is 0 Å². The van der Waals surface area contributed by atoms with Crippen LogP contribution in [0.1, 0.15) is 26.3 Å². The Hall–Kier alpha value is -2.74. The van der Waals surface area contributed by atoms with Crippen LogP contribution in [0.15, 0.2) is 29.4 Å². The van der Waals surface area contributed by atoms with Crippen molar-refractivity contribution in [3.8, 4) is 0 Å². The van der Waals surface area contributed by atoms with E-state index in [9.17, 15) is 14.4 Å². The van der Waals surface area contributed by atoms with Crippen LogP contribution in [-0.2, 0) is 19.1 Å². The second-order valence-corrected chi connectivity index (χ2v) is 7.36. The lowest BCUT2D eigenvalue weighted by Gasteiger charge is -2.22. The topological polar surface area (TPSA) is 109 Å². The molecule has 1 aromatic carbocycles. The summed E-state index contributed by atoms with van der Waals surface area (Å²) in [7, 11) is 1.44. The van der Waals surface area contributed by atoms with Crippen molar-refractivity contribution < 1.29 is 19.1 Å². The average molecular weight is 372 g/mol. The number of anilines is 1. The summed E-state index contributed by atoms with van der Waals surface area (Å²) < 4.78 is 4.86. The fourth-order valence-electron chi connectivity index (χ4n) is 3.80. The molecular weight excluding hydrogens is 348 g/mol. The summed E-state index contributed by atoms with van der Waals surface area (Å²) >= 11 is 0. The zero-order valence-corrected chi connectivity index (χ0v) is 15.8. The van der Waals surface area contributed by atoms with Crippen molar-refractivity contribution in [1.82, 2.24) is 10.7 Å². The number of carbonyl (C=O) groups is 3. The number of amides is 3. The Morgan fingerprint density at radius 1 is 1.33 bits per heavy atom. The molecule has 3 atom stereocenters. The average Bonchev–Trinajstić information content (AvgIpc) is 3.24. The number of para-hydroxylation sites is 1. The molecule has 1 saturated carbocycles. The maximum atomic E-state index is 12.6. The van der Waals surface area contributed by atoms with E-state index in [-0.39, 0.29) is 30.4 Å². The Morgan fingerprint density at radius 3 is 2.70 bits per heavy atom. The predicted octanol–water partition coefficient (Wildman–Crippen LogP) is 0.882. The number of hydrazone groups is 1. The minimum absolute atomic E-state index is 0.0205. The van der Waals surface area contributed by atoms with E-state index in [0.717, 1.165) is 0 Å². The van der Waals surface area contributed by atoms with Gasteiger partial charge in [-0.3, -0.25) is 14.4 Å². The van der Waals surface area contributed by atoms with Crippen LogP contribution in [0.2, 0.25) is 0 Å². The van der Waals surface area contributed by atoms with E-state index in [1.54, 1.807) is 12.1 Å². The Bertz CT molecular complexity index is 820. The van der Waals surface area contributed by atoms with Gasteiger partial charge in [0.15, 0.2) is 0 Å². The van der Waals surface area contributed by atoms with Crippen LogP contribution in [0.3, 0.4) is 0 Å². The number of nitrogens with zero attached hydrogens (tertiary/aromatic N) is 1. The Balaban J connectivity index is 1.95. The molecular formula is C19H24N4O4. The van der Waals surface area contributed by atoms with Crippen molar-refractivity contribution in [3.63, 3.8) is 0 Å². The number of methoxy groups -OCH3 is 1. The molecule has 27 heavy (non-hydrogen) atoms. The van der Waals surface area contributed by atoms with Gasteiger partial charge in [-0.25, -0.2) is 5.43 Å². The highest BCUT2D eigenvalue weighted by Crippen LogP contribution is 2.62. The number of rotatable bonds is 6. The summed E-state index contributed by atoms with van der Waals surface area (Å²) in [5.74, 6) is -1.69. The van der Waals surface area contributed by atoms with Crippen molar-refractivity contribution in [3.05, 3.63) is 29.8 Å². The largest absolute Gasteiger partial charge is 0.375 e. The van der Waals surface area contributed by atoms with Gasteiger partial charge in [-0.2, -0.15) is 5.10 Å². The summed E-state index contributed by atoms with van der Waals surface area (Å²) in [4.78, 5) is 36.9. The quantitative estimate of drug-likeness (QED) is 0.689. The molecule has 8 heteroatoms. The maximum absolute atomic E-state index is 12.6. The van der Waals surface area contributed by atoms with E-state index in [4.69, 9.17) is 4.74 Å². The summed E-state index contributed by atoms with van der Waals surface area (Å²) in [6, 6.07) is 7.17. The molecule has 1 heterocycles. The number of nitrogens with one attached hydrogen (secondary N) is 3. The summed E-state index contributed by atoms with van der Waals surface area (Å²) in [6.45, 7) is 5.55. The first-order valence-corrected chi connectivity index (χ1v) is 8.87. The molecule has 0 aromatic heterocycles. The van der Waals surface area contributed by atoms with Crippen molar-refractivity contribution in [1.29, 1.82) is 0 Å². The van der Waals surface area contributed by atoms with Crippen molar-refractivity contribution in [2.45, 2.75) is 26.8 Å². The third kappa shape index (κ3) is 3.32. The van der Waals surface area contributed by atoms with Crippen LogP contribution in [-0.4, -0.2) is 43.2 Å². The SMILES string of the molecule is COCC(=O)Nc1ccccc1C1=NNC(=O)[C@H]2[C@@H](C(=O)NC(C)C)[C@@]12C. The van der Waals surface area contributed by atoms with Crippen LogP contribution in [0.5, 0.6) is 0 Å². The lowest BCUT2D eigenvalue weighted by atomic mass is 9.89. The van der Waals surface area contributed by atoms with Crippen molar-refractivity contribution in [2.24, 2.45) is 22.4 Å². The Morgan fingerprint density at radius 2 is 2.04 bits per heavy atom. The highest BCUT2D eigenvalue weighted by molar-refractivity contribution is 6.19. The Kier molecular flexibility index (Phi) is 5.01. The Labute approximate surface area is 157 Å². The predicted molar refractivity (Wildman–Crippen MR) is 100.0 cm³/mol. The van der Waals surface area contributed by atoms with Gasteiger partial charge in [0.1, 0.15) is 6.61 Å². The van der Waals surface area contributed by atoms with Crippen LogP contribution < -0.4 is 16.1 Å². The molecule has 1 aromatic rings. The van der Waals surface area contributed by atoms with Gasteiger partial charge in [-0.05, 0) is 19.9 Å². The smallest absolute Gasteiger partial charge is 0.250 e. The van der Waals surface area contributed by atoms with E-state index < -0.39 is 17.3 Å². The molecule has 0 unspecified atom stereocenters.